The first-order valence-electron chi connectivity index (χ1n) is 6.59. The third-order valence-corrected chi connectivity index (χ3v) is 4.59. The van der Waals surface area contributed by atoms with Crippen molar-refractivity contribution in [2.45, 2.75) is 30.8 Å². The molecule has 1 aromatic carbocycles. The fraction of sp³-hybridized carbons (Fsp3) is 0.500. The fourth-order valence-corrected chi connectivity index (χ4v) is 3.01. The summed E-state index contributed by atoms with van der Waals surface area (Å²) in [5.41, 5.74) is 0. The number of nitrogens with one attached hydrogen (secondary N) is 1. The van der Waals surface area contributed by atoms with Crippen molar-refractivity contribution in [3.8, 4) is 0 Å². The molecule has 0 aliphatic carbocycles. The van der Waals surface area contributed by atoms with Gasteiger partial charge in [-0.1, -0.05) is 0 Å². The van der Waals surface area contributed by atoms with Gasteiger partial charge >= 0.3 is 0 Å². The molecule has 2 atom stereocenters. The van der Waals surface area contributed by atoms with E-state index in [0.29, 0.717) is 11.4 Å². The van der Waals surface area contributed by atoms with Crippen LogP contribution in [0.2, 0.25) is 0 Å². The monoisotopic (exact) mass is 336 g/mol. The van der Waals surface area contributed by atoms with Crippen molar-refractivity contribution in [2.75, 3.05) is 18.8 Å². The summed E-state index contributed by atoms with van der Waals surface area (Å²) >= 11 is 1.23. The standard InChI is InChI=1S/C14H18F2N2OS.ClH/c1-9-10(2)18(6-5-17-9)14(19)8-20-11-3-4-12(15)13(16)7-11;/h3-4,7,9-10,17H,5-6,8H2,1-2H3;1H. The van der Waals surface area contributed by atoms with Crippen LogP contribution in [0.3, 0.4) is 0 Å². The quantitative estimate of drug-likeness (QED) is 0.861. The molecule has 3 nitrogen and oxygen atoms in total. The molecule has 2 rings (SSSR count). The molecule has 1 aliphatic rings. The second-order valence-electron chi connectivity index (χ2n) is 4.94. The molecule has 0 saturated carbocycles. The second kappa shape index (κ2) is 7.96. The van der Waals surface area contributed by atoms with Gasteiger partial charge in [-0.05, 0) is 32.0 Å². The number of halogens is 3. The summed E-state index contributed by atoms with van der Waals surface area (Å²) in [7, 11) is 0. The molecule has 2 unspecified atom stereocenters. The number of nitrogens with zero attached hydrogens (tertiary/aromatic N) is 1. The summed E-state index contributed by atoms with van der Waals surface area (Å²) in [6.07, 6.45) is 0. The predicted octanol–water partition coefficient (Wildman–Crippen LogP) is 2.69. The molecule has 1 aromatic rings. The van der Waals surface area contributed by atoms with E-state index in [4.69, 9.17) is 0 Å². The van der Waals surface area contributed by atoms with E-state index in [-0.39, 0.29) is 36.2 Å². The van der Waals surface area contributed by atoms with Gasteiger partial charge < -0.3 is 10.2 Å². The van der Waals surface area contributed by atoms with E-state index < -0.39 is 11.6 Å². The lowest BCUT2D eigenvalue weighted by molar-refractivity contribution is -0.131. The second-order valence-corrected chi connectivity index (χ2v) is 5.98. The highest BCUT2D eigenvalue weighted by Crippen LogP contribution is 2.21. The van der Waals surface area contributed by atoms with Gasteiger partial charge in [-0.25, -0.2) is 8.78 Å². The highest BCUT2D eigenvalue weighted by molar-refractivity contribution is 8.00. The Kier molecular flexibility index (Phi) is 6.90. The zero-order chi connectivity index (χ0) is 14.7. The van der Waals surface area contributed by atoms with Crippen molar-refractivity contribution in [3.63, 3.8) is 0 Å². The number of piperazine rings is 1. The molecule has 21 heavy (non-hydrogen) atoms. The number of benzene rings is 1. The van der Waals surface area contributed by atoms with E-state index >= 15 is 0 Å². The maximum Gasteiger partial charge on any atom is 0.233 e. The lowest BCUT2D eigenvalue weighted by atomic mass is 10.1. The van der Waals surface area contributed by atoms with Crippen LogP contribution in [0.5, 0.6) is 0 Å². The Bertz CT molecular complexity index is 504. The Morgan fingerprint density at radius 2 is 2.10 bits per heavy atom. The van der Waals surface area contributed by atoms with Gasteiger partial charge in [0.2, 0.25) is 5.91 Å². The number of rotatable bonds is 3. The van der Waals surface area contributed by atoms with Crippen molar-refractivity contribution in [3.05, 3.63) is 29.8 Å². The van der Waals surface area contributed by atoms with Gasteiger partial charge in [0.05, 0.1) is 5.75 Å². The van der Waals surface area contributed by atoms with Crippen molar-refractivity contribution in [1.29, 1.82) is 0 Å². The maximum atomic E-state index is 13.1. The van der Waals surface area contributed by atoms with Crippen LogP contribution in [-0.4, -0.2) is 41.7 Å². The van der Waals surface area contributed by atoms with E-state index in [1.807, 2.05) is 18.7 Å². The molecule has 1 saturated heterocycles. The predicted molar refractivity (Wildman–Crippen MR) is 83.0 cm³/mol. The topological polar surface area (TPSA) is 32.3 Å². The Morgan fingerprint density at radius 3 is 2.76 bits per heavy atom. The molecule has 1 heterocycles. The fourth-order valence-electron chi connectivity index (χ4n) is 2.20. The Labute approximate surface area is 133 Å². The van der Waals surface area contributed by atoms with E-state index in [9.17, 15) is 13.6 Å². The molecule has 118 valence electrons. The lowest BCUT2D eigenvalue weighted by Gasteiger charge is -2.38. The molecule has 1 aliphatic heterocycles. The van der Waals surface area contributed by atoms with Crippen LogP contribution in [0.15, 0.2) is 23.1 Å². The molecule has 0 spiro atoms. The van der Waals surface area contributed by atoms with Crippen molar-refractivity contribution < 1.29 is 13.6 Å². The van der Waals surface area contributed by atoms with Crippen molar-refractivity contribution in [1.82, 2.24) is 10.2 Å². The van der Waals surface area contributed by atoms with Gasteiger partial charge in [0, 0.05) is 30.1 Å². The summed E-state index contributed by atoms with van der Waals surface area (Å²) in [6.45, 7) is 5.53. The first kappa shape index (κ1) is 18.2. The Balaban J connectivity index is 0.00000220. The third kappa shape index (κ3) is 4.56. The van der Waals surface area contributed by atoms with Crippen LogP contribution in [0.25, 0.3) is 0 Å². The smallest absolute Gasteiger partial charge is 0.233 e. The van der Waals surface area contributed by atoms with E-state index in [1.54, 1.807) is 0 Å². The lowest BCUT2D eigenvalue weighted by Crippen LogP contribution is -2.57. The Morgan fingerprint density at radius 1 is 1.38 bits per heavy atom. The van der Waals surface area contributed by atoms with E-state index in [1.165, 1.54) is 17.8 Å². The van der Waals surface area contributed by atoms with Gasteiger partial charge in [0.25, 0.3) is 0 Å². The molecule has 1 N–H and O–H groups in total. The summed E-state index contributed by atoms with van der Waals surface area (Å²) in [4.78, 5) is 14.6. The zero-order valence-electron chi connectivity index (χ0n) is 11.9. The summed E-state index contributed by atoms with van der Waals surface area (Å²) in [6, 6.07) is 4.09. The van der Waals surface area contributed by atoms with Gasteiger partial charge in [-0.2, -0.15) is 0 Å². The van der Waals surface area contributed by atoms with Crippen LogP contribution < -0.4 is 5.32 Å². The first-order chi connectivity index (χ1) is 9.49. The van der Waals surface area contributed by atoms with E-state index in [2.05, 4.69) is 5.32 Å². The minimum atomic E-state index is -0.883. The third-order valence-electron chi connectivity index (χ3n) is 3.61. The number of carbonyl (C=O) groups is 1. The average molecular weight is 337 g/mol. The largest absolute Gasteiger partial charge is 0.336 e. The van der Waals surface area contributed by atoms with Gasteiger partial charge in [0.15, 0.2) is 11.6 Å². The van der Waals surface area contributed by atoms with Gasteiger partial charge in [-0.15, -0.1) is 24.2 Å². The minimum absolute atomic E-state index is 0. The van der Waals surface area contributed by atoms with Crippen molar-refractivity contribution >= 4 is 30.1 Å². The van der Waals surface area contributed by atoms with Crippen LogP contribution >= 0.6 is 24.2 Å². The van der Waals surface area contributed by atoms with Crippen LogP contribution in [0.4, 0.5) is 8.78 Å². The molecule has 0 bridgehead atoms. The number of hydrogen-bond donors (Lipinski definition) is 1. The summed E-state index contributed by atoms with van der Waals surface area (Å²) < 4.78 is 25.9. The van der Waals surface area contributed by atoms with Crippen LogP contribution in [0.1, 0.15) is 13.8 Å². The van der Waals surface area contributed by atoms with Crippen molar-refractivity contribution in [2.24, 2.45) is 0 Å². The summed E-state index contributed by atoms with van der Waals surface area (Å²) in [5, 5.41) is 3.31. The number of amides is 1. The molecule has 7 heteroatoms. The number of carbonyl (C=O) groups excluding carboxylic acids is 1. The first-order valence-corrected chi connectivity index (χ1v) is 7.58. The molecular formula is C14H19ClF2N2OS. The molecular weight excluding hydrogens is 318 g/mol. The SMILES string of the molecule is CC1NCCN(C(=O)CSc2ccc(F)c(F)c2)C1C.Cl. The molecule has 1 amide bonds. The van der Waals surface area contributed by atoms with Gasteiger partial charge in [0.1, 0.15) is 0 Å². The number of hydrogen-bond acceptors (Lipinski definition) is 3. The maximum absolute atomic E-state index is 13.1. The molecule has 1 fully saturated rings. The Hall–Kier alpha value is -0.850. The molecule has 0 radical (unpaired) electrons. The normalized spacial score (nSPS) is 21.8. The van der Waals surface area contributed by atoms with Gasteiger partial charge in [-0.3, -0.25) is 4.79 Å². The highest BCUT2D eigenvalue weighted by Gasteiger charge is 2.27. The molecule has 0 aromatic heterocycles. The van der Waals surface area contributed by atoms with Crippen LogP contribution in [0, 0.1) is 11.6 Å². The average Bonchev–Trinajstić information content (AvgIpc) is 2.43. The number of thioether (sulfide) groups is 1. The van der Waals surface area contributed by atoms with E-state index in [0.717, 1.165) is 18.7 Å². The zero-order valence-corrected chi connectivity index (χ0v) is 13.6. The minimum Gasteiger partial charge on any atom is -0.336 e. The summed E-state index contributed by atoms with van der Waals surface area (Å²) in [5.74, 6) is -1.49. The van der Waals surface area contributed by atoms with Crippen LogP contribution in [-0.2, 0) is 4.79 Å². The highest BCUT2D eigenvalue weighted by atomic mass is 35.5.